The van der Waals surface area contributed by atoms with E-state index in [2.05, 4.69) is 15.2 Å². The molecule has 1 N–H and O–H groups in total. The van der Waals surface area contributed by atoms with Crippen LogP contribution in [0.25, 0.3) is 0 Å². The molecule has 0 aliphatic carbocycles. The van der Waals surface area contributed by atoms with Crippen LogP contribution in [0.5, 0.6) is 0 Å². The number of amides is 2. The highest BCUT2D eigenvalue weighted by atomic mass is 35.5. The number of likely N-dealkylation sites (N-methyl/N-ethyl adjacent to an activating group) is 2. The van der Waals surface area contributed by atoms with Gasteiger partial charge in [0.15, 0.2) is 0 Å². The van der Waals surface area contributed by atoms with Crippen LogP contribution in [0.2, 0.25) is 5.02 Å². The molecule has 2 rings (SSSR count). The smallest absolute Gasteiger partial charge is 0.318 e. The normalized spacial score (nSPS) is 12.0. The summed E-state index contributed by atoms with van der Waals surface area (Å²) < 4.78 is 0. The van der Waals surface area contributed by atoms with E-state index in [1.54, 1.807) is 12.4 Å². The second-order valence-corrected chi connectivity index (χ2v) is 6.53. The fourth-order valence-electron chi connectivity index (χ4n) is 2.51. The lowest BCUT2D eigenvalue weighted by Gasteiger charge is -2.27. The molecule has 0 saturated heterocycles. The van der Waals surface area contributed by atoms with Crippen LogP contribution in [-0.2, 0) is 0 Å². The number of nitrogens with one attached hydrogen (secondary N) is 1. The zero-order chi connectivity index (χ0) is 18.2. The van der Waals surface area contributed by atoms with Crippen molar-refractivity contribution in [2.24, 2.45) is 0 Å². The molecule has 0 aliphatic heterocycles. The first-order valence-corrected chi connectivity index (χ1v) is 8.74. The molecular formula is C19H25ClN4O. The maximum atomic E-state index is 12.8. The molecule has 25 heavy (non-hydrogen) atoms. The third-order valence-electron chi connectivity index (χ3n) is 4.00. The van der Waals surface area contributed by atoms with E-state index >= 15 is 0 Å². The van der Waals surface area contributed by atoms with Gasteiger partial charge in [-0.15, -0.1) is 0 Å². The van der Waals surface area contributed by atoms with Crippen LogP contribution >= 0.6 is 11.6 Å². The van der Waals surface area contributed by atoms with Crippen LogP contribution in [0.3, 0.4) is 0 Å². The summed E-state index contributed by atoms with van der Waals surface area (Å²) in [6, 6.07) is 11.0. The molecule has 0 aliphatic rings. The molecule has 0 unspecified atom stereocenters. The van der Waals surface area contributed by atoms with E-state index in [1.165, 1.54) is 0 Å². The van der Waals surface area contributed by atoms with Crippen molar-refractivity contribution in [3.8, 4) is 0 Å². The summed E-state index contributed by atoms with van der Waals surface area (Å²) in [6.07, 6.45) is 3.46. The minimum Gasteiger partial charge on any atom is -0.327 e. The van der Waals surface area contributed by atoms with E-state index in [-0.39, 0.29) is 12.1 Å². The van der Waals surface area contributed by atoms with Crippen molar-refractivity contribution in [2.75, 3.05) is 33.7 Å². The Hall–Kier alpha value is -2.11. The molecule has 0 fully saturated rings. The standard InChI is InChI=1S/C19H25ClN4O/c1-4-24(14-13-23(2)3)19(25)22-18(16-9-11-21-12-10-16)15-5-7-17(20)8-6-15/h5-12,18H,4,13-14H2,1-3H3,(H,22,25)/t18-/m1/s1. The van der Waals surface area contributed by atoms with E-state index in [9.17, 15) is 4.79 Å². The lowest BCUT2D eigenvalue weighted by atomic mass is 10.00. The summed E-state index contributed by atoms with van der Waals surface area (Å²) in [5.74, 6) is 0. The van der Waals surface area contributed by atoms with Crippen molar-refractivity contribution >= 4 is 17.6 Å². The third kappa shape index (κ3) is 5.73. The molecule has 0 bridgehead atoms. The molecule has 0 spiro atoms. The Kier molecular flexibility index (Phi) is 7.22. The topological polar surface area (TPSA) is 48.5 Å². The van der Waals surface area contributed by atoms with Gasteiger partial charge in [0, 0.05) is 37.1 Å². The molecule has 2 aromatic rings. The van der Waals surface area contributed by atoms with Gasteiger partial charge in [-0.1, -0.05) is 23.7 Å². The van der Waals surface area contributed by atoms with E-state index in [1.807, 2.05) is 62.3 Å². The Morgan fingerprint density at radius 1 is 1.08 bits per heavy atom. The predicted molar refractivity (Wildman–Crippen MR) is 102 cm³/mol. The molecule has 2 amide bonds. The molecule has 0 saturated carbocycles. The van der Waals surface area contributed by atoms with Crippen LogP contribution in [-0.4, -0.2) is 54.5 Å². The fraction of sp³-hybridized carbons (Fsp3) is 0.368. The molecule has 1 heterocycles. The molecule has 1 aromatic heterocycles. The lowest BCUT2D eigenvalue weighted by Crippen LogP contribution is -2.44. The van der Waals surface area contributed by atoms with Crippen LogP contribution in [0, 0.1) is 0 Å². The van der Waals surface area contributed by atoms with Gasteiger partial charge in [0.05, 0.1) is 6.04 Å². The Labute approximate surface area is 154 Å². The maximum Gasteiger partial charge on any atom is 0.318 e. The van der Waals surface area contributed by atoms with Gasteiger partial charge in [-0.3, -0.25) is 4.98 Å². The van der Waals surface area contributed by atoms with Gasteiger partial charge in [0.1, 0.15) is 0 Å². The summed E-state index contributed by atoms with van der Waals surface area (Å²) in [7, 11) is 4.00. The SMILES string of the molecule is CCN(CCN(C)C)C(=O)N[C@@H](c1ccncc1)c1ccc(Cl)cc1. The summed E-state index contributed by atoms with van der Waals surface area (Å²) in [5.41, 5.74) is 1.96. The van der Waals surface area contributed by atoms with Gasteiger partial charge in [-0.25, -0.2) is 4.79 Å². The van der Waals surface area contributed by atoms with Gasteiger partial charge in [-0.05, 0) is 56.4 Å². The van der Waals surface area contributed by atoms with Crippen molar-refractivity contribution in [3.63, 3.8) is 0 Å². The number of pyridine rings is 1. The minimum atomic E-state index is -0.249. The summed E-state index contributed by atoms with van der Waals surface area (Å²) in [6.45, 7) is 4.14. The van der Waals surface area contributed by atoms with Crippen molar-refractivity contribution in [1.29, 1.82) is 0 Å². The number of urea groups is 1. The second kappa shape index (κ2) is 9.39. The number of benzene rings is 1. The van der Waals surface area contributed by atoms with Crippen molar-refractivity contribution < 1.29 is 4.79 Å². The van der Waals surface area contributed by atoms with E-state index in [4.69, 9.17) is 11.6 Å². The summed E-state index contributed by atoms with van der Waals surface area (Å²) in [4.78, 5) is 20.7. The Balaban J connectivity index is 2.21. The van der Waals surface area contributed by atoms with E-state index in [0.29, 0.717) is 18.1 Å². The predicted octanol–water partition coefficient (Wildman–Crippen LogP) is 3.42. The lowest BCUT2D eigenvalue weighted by molar-refractivity contribution is 0.192. The zero-order valence-corrected chi connectivity index (χ0v) is 15.7. The van der Waals surface area contributed by atoms with Gasteiger partial charge >= 0.3 is 6.03 Å². The number of hydrogen-bond donors (Lipinski definition) is 1. The van der Waals surface area contributed by atoms with Crippen molar-refractivity contribution in [2.45, 2.75) is 13.0 Å². The third-order valence-corrected chi connectivity index (χ3v) is 4.25. The number of aromatic nitrogens is 1. The average Bonchev–Trinajstić information content (AvgIpc) is 2.61. The van der Waals surface area contributed by atoms with Gasteiger partial charge in [0.25, 0.3) is 0 Å². The Morgan fingerprint density at radius 3 is 2.24 bits per heavy atom. The monoisotopic (exact) mass is 360 g/mol. The Morgan fingerprint density at radius 2 is 1.68 bits per heavy atom. The van der Waals surface area contributed by atoms with E-state index < -0.39 is 0 Å². The Bertz CT molecular complexity index is 661. The molecule has 1 atom stereocenters. The fourth-order valence-corrected chi connectivity index (χ4v) is 2.63. The van der Waals surface area contributed by atoms with Crippen LogP contribution in [0.4, 0.5) is 4.79 Å². The quantitative estimate of drug-likeness (QED) is 0.823. The highest BCUT2D eigenvalue weighted by Crippen LogP contribution is 2.23. The maximum absolute atomic E-state index is 12.8. The zero-order valence-electron chi connectivity index (χ0n) is 14.9. The van der Waals surface area contributed by atoms with Gasteiger partial charge < -0.3 is 15.1 Å². The van der Waals surface area contributed by atoms with E-state index in [0.717, 1.165) is 17.7 Å². The number of carbonyl (C=O) groups is 1. The largest absolute Gasteiger partial charge is 0.327 e. The number of nitrogens with zero attached hydrogens (tertiary/aromatic N) is 3. The summed E-state index contributed by atoms with van der Waals surface area (Å²) >= 11 is 6.00. The first-order valence-electron chi connectivity index (χ1n) is 8.36. The first-order chi connectivity index (χ1) is 12.0. The number of hydrogen-bond acceptors (Lipinski definition) is 3. The highest BCUT2D eigenvalue weighted by molar-refractivity contribution is 6.30. The highest BCUT2D eigenvalue weighted by Gasteiger charge is 2.20. The molecule has 6 heteroatoms. The molecular weight excluding hydrogens is 336 g/mol. The average molecular weight is 361 g/mol. The number of carbonyl (C=O) groups excluding carboxylic acids is 1. The van der Waals surface area contributed by atoms with Crippen LogP contribution in [0.15, 0.2) is 48.8 Å². The van der Waals surface area contributed by atoms with Crippen LogP contribution < -0.4 is 5.32 Å². The van der Waals surface area contributed by atoms with Crippen molar-refractivity contribution in [3.05, 3.63) is 64.9 Å². The number of rotatable bonds is 7. The number of halogens is 1. The molecule has 134 valence electrons. The first kappa shape index (κ1) is 19.2. The molecule has 1 aromatic carbocycles. The van der Waals surface area contributed by atoms with Crippen LogP contribution in [0.1, 0.15) is 24.1 Å². The van der Waals surface area contributed by atoms with Gasteiger partial charge in [0.2, 0.25) is 0 Å². The summed E-state index contributed by atoms with van der Waals surface area (Å²) in [5, 5.41) is 3.81. The minimum absolute atomic E-state index is 0.0823. The molecule has 5 nitrogen and oxygen atoms in total. The second-order valence-electron chi connectivity index (χ2n) is 6.10. The molecule has 0 radical (unpaired) electrons. The van der Waals surface area contributed by atoms with Crippen molar-refractivity contribution in [1.82, 2.24) is 20.1 Å². The van der Waals surface area contributed by atoms with Gasteiger partial charge in [-0.2, -0.15) is 0 Å².